The molecule has 9 nitrogen and oxygen atoms in total. The summed E-state index contributed by atoms with van der Waals surface area (Å²) in [6.45, 7) is 4.94. The molecule has 0 bridgehead atoms. The summed E-state index contributed by atoms with van der Waals surface area (Å²) in [7, 11) is 1.68. The van der Waals surface area contributed by atoms with E-state index in [2.05, 4.69) is 20.5 Å². The first-order valence-electron chi connectivity index (χ1n) is 12.5. The third-order valence-corrected chi connectivity index (χ3v) is 6.27. The van der Waals surface area contributed by atoms with Gasteiger partial charge in [0.25, 0.3) is 5.91 Å². The van der Waals surface area contributed by atoms with Crippen LogP contribution in [-0.4, -0.2) is 68.3 Å². The molecule has 2 heterocycles. The summed E-state index contributed by atoms with van der Waals surface area (Å²) >= 11 is 0. The zero-order chi connectivity index (χ0) is 26.7. The molecule has 38 heavy (non-hydrogen) atoms. The van der Waals surface area contributed by atoms with Crippen molar-refractivity contribution in [2.75, 3.05) is 56.7 Å². The molecule has 10 heteroatoms. The number of aromatic nitrogens is 1. The molecular weight excluding hydrogens is 489 g/mol. The summed E-state index contributed by atoms with van der Waals surface area (Å²) in [6, 6.07) is 15.0. The number of anilines is 2. The molecule has 1 aromatic heterocycles. The van der Waals surface area contributed by atoms with Crippen LogP contribution in [0.5, 0.6) is 0 Å². The number of pyridine rings is 1. The molecule has 4 rings (SSSR count). The first kappa shape index (κ1) is 27.0. The van der Waals surface area contributed by atoms with Crippen LogP contribution in [0.2, 0.25) is 0 Å². The molecule has 2 amide bonds. The number of ether oxygens (including phenoxy) is 2. The monoisotopic (exact) mass is 521 g/mol. The van der Waals surface area contributed by atoms with E-state index in [1.807, 2.05) is 23.1 Å². The molecule has 0 spiro atoms. The molecule has 1 aliphatic heterocycles. The summed E-state index contributed by atoms with van der Waals surface area (Å²) in [6.07, 6.45) is 2.76. The maximum atomic E-state index is 14.1. The first-order chi connectivity index (χ1) is 18.5. The second-order valence-corrected chi connectivity index (χ2v) is 8.92. The highest BCUT2D eigenvalue weighted by Crippen LogP contribution is 2.25. The van der Waals surface area contributed by atoms with Crippen molar-refractivity contribution in [3.8, 4) is 0 Å². The van der Waals surface area contributed by atoms with E-state index in [9.17, 15) is 14.0 Å². The molecule has 0 aliphatic carbocycles. The Morgan fingerprint density at radius 3 is 2.53 bits per heavy atom. The Hall–Kier alpha value is -4.02. The summed E-state index contributed by atoms with van der Waals surface area (Å²) < 4.78 is 24.5. The van der Waals surface area contributed by atoms with Crippen molar-refractivity contribution < 1.29 is 23.5 Å². The number of nitrogens with zero attached hydrogens (tertiary/aromatic N) is 3. The lowest BCUT2D eigenvalue weighted by Crippen LogP contribution is -2.47. The fourth-order valence-electron chi connectivity index (χ4n) is 4.15. The summed E-state index contributed by atoms with van der Waals surface area (Å²) in [4.78, 5) is 33.4. The number of benzene rings is 2. The van der Waals surface area contributed by atoms with Gasteiger partial charge in [0.1, 0.15) is 12.4 Å². The first-order valence-corrected chi connectivity index (χ1v) is 12.5. The minimum Gasteiger partial charge on any atom is -0.445 e. The quantitative estimate of drug-likeness (QED) is 0.420. The molecule has 200 valence electrons. The summed E-state index contributed by atoms with van der Waals surface area (Å²) in [5.74, 6) is -0.694. The van der Waals surface area contributed by atoms with Gasteiger partial charge in [-0.15, -0.1) is 0 Å². The van der Waals surface area contributed by atoms with Crippen molar-refractivity contribution in [1.29, 1.82) is 0 Å². The Balaban J connectivity index is 1.30. The van der Waals surface area contributed by atoms with Crippen LogP contribution < -0.4 is 15.5 Å². The van der Waals surface area contributed by atoms with E-state index < -0.39 is 6.09 Å². The van der Waals surface area contributed by atoms with Crippen LogP contribution in [0.25, 0.3) is 0 Å². The number of carbonyl (C=O) groups is 2. The topological polar surface area (TPSA) is 96.0 Å². The second-order valence-electron chi connectivity index (χ2n) is 8.92. The highest BCUT2D eigenvalue weighted by Gasteiger charge is 2.22. The predicted octanol–water partition coefficient (Wildman–Crippen LogP) is 3.67. The maximum Gasteiger partial charge on any atom is 0.407 e. The van der Waals surface area contributed by atoms with E-state index in [0.29, 0.717) is 36.6 Å². The highest BCUT2D eigenvalue weighted by molar-refractivity contribution is 6.08. The van der Waals surface area contributed by atoms with Gasteiger partial charge < -0.3 is 25.0 Å². The van der Waals surface area contributed by atoms with E-state index >= 15 is 0 Å². The number of hydrogen-bond acceptors (Lipinski definition) is 7. The van der Waals surface area contributed by atoms with Gasteiger partial charge in [0.15, 0.2) is 0 Å². The smallest absolute Gasteiger partial charge is 0.407 e. The Labute approximate surface area is 221 Å². The lowest BCUT2D eigenvalue weighted by molar-refractivity contribution is 0.102. The number of methoxy groups -OCH3 is 1. The average Bonchev–Trinajstić information content (AvgIpc) is 2.95. The van der Waals surface area contributed by atoms with Crippen LogP contribution in [0.15, 0.2) is 67.0 Å². The minimum atomic E-state index is -0.533. The van der Waals surface area contributed by atoms with Crippen molar-refractivity contribution in [3.63, 3.8) is 0 Å². The SMILES string of the molecule is COCCN1CCN(c2cc(F)ccc2C(=O)Nc2ccc(CNC(=O)OCc3cccnc3)cc2)CC1. The number of halogens is 1. The van der Waals surface area contributed by atoms with Crippen LogP contribution in [0.1, 0.15) is 21.5 Å². The molecular formula is C28H32FN5O4. The van der Waals surface area contributed by atoms with E-state index in [1.165, 1.54) is 18.2 Å². The number of alkyl carbamates (subject to hydrolysis) is 1. The number of piperazine rings is 1. The Kier molecular flexibility index (Phi) is 9.60. The zero-order valence-electron chi connectivity index (χ0n) is 21.4. The van der Waals surface area contributed by atoms with Gasteiger partial charge in [0, 0.05) is 70.0 Å². The molecule has 1 aliphatic rings. The third kappa shape index (κ3) is 7.74. The van der Waals surface area contributed by atoms with Gasteiger partial charge in [-0.05, 0) is 42.0 Å². The highest BCUT2D eigenvalue weighted by atomic mass is 19.1. The number of rotatable bonds is 10. The molecule has 0 saturated carbocycles. The maximum absolute atomic E-state index is 14.1. The lowest BCUT2D eigenvalue weighted by atomic mass is 10.1. The lowest BCUT2D eigenvalue weighted by Gasteiger charge is -2.36. The number of amides is 2. The van der Waals surface area contributed by atoms with Crippen molar-refractivity contribution in [2.45, 2.75) is 13.2 Å². The van der Waals surface area contributed by atoms with Crippen LogP contribution in [-0.2, 0) is 22.6 Å². The largest absolute Gasteiger partial charge is 0.445 e. The Morgan fingerprint density at radius 1 is 1.03 bits per heavy atom. The van der Waals surface area contributed by atoms with Crippen LogP contribution in [0, 0.1) is 5.82 Å². The number of nitrogens with one attached hydrogen (secondary N) is 2. The summed E-state index contributed by atoms with van der Waals surface area (Å²) in [5.41, 5.74) is 3.24. The van der Waals surface area contributed by atoms with Gasteiger partial charge in [-0.1, -0.05) is 18.2 Å². The average molecular weight is 522 g/mol. The molecule has 1 fully saturated rings. The van der Waals surface area contributed by atoms with Crippen molar-refractivity contribution in [3.05, 3.63) is 89.5 Å². The van der Waals surface area contributed by atoms with Crippen molar-refractivity contribution in [1.82, 2.24) is 15.2 Å². The zero-order valence-corrected chi connectivity index (χ0v) is 21.4. The normalized spacial score (nSPS) is 13.7. The van der Waals surface area contributed by atoms with Crippen LogP contribution in [0.3, 0.4) is 0 Å². The fraction of sp³-hybridized carbons (Fsp3) is 0.321. The van der Waals surface area contributed by atoms with Crippen molar-refractivity contribution in [2.24, 2.45) is 0 Å². The second kappa shape index (κ2) is 13.5. The van der Waals surface area contributed by atoms with Crippen LogP contribution in [0.4, 0.5) is 20.6 Å². The van der Waals surface area contributed by atoms with Gasteiger partial charge in [-0.25, -0.2) is 9.18 Å². The van der Waals surface area contributed by atoms with Crippen LogP contribution >= 0.6 is 0 Å². The Bertz CT molecular complexity index is 1200. The van der Waals surface area contributed by atoms with Gasteiger partial charge in [-0.3, -0.25) is 14.7 Å². The summed E-state index contributed by atoms with van der Waals surface area (Å²) in [5, 5.41) is 5.59. The van der Waals surface area contributed by atoms with Crippen molar-refractivity contribution >= 4 is 23.4 Å². The molecule has 3 aromatic rings. The molecule has 0 unspecified atom stereocenters. The van der Waals surface area contributed by atoms with E-state index in [-0.39, 0.29) is 24.9 Å². The van der Waals surface area contributed by atoms with Gasteiger partial charge in [0.2, 0.25) is 0 Å². The predicted molar refractivity (Wildman–Crippen MR) is 143 cm³/mol. The van der Waals surface area contributed by atoms with Gasteiger partial charge >= 0.3 is 6.09 Å². The number of hydrogen-bond donors (Lipinski definition) is 2. The molecule has 2 N–H and O–H groups in total. The van der Waals surface area contributed by atoms with E-state index in [4.69, 9.17) is 9.47 Å². The molecule has 2 aromatic carbocycles. The van der Waals surface area contributed by atoms with Gasteiger partial charge in [-0.2, -0.15) is 0 Å². The van der Waals surface area contributed by atoms with E-state index in [0.717, 1.165) is 30.8 Å². The standard InChI is InChI=1S/C28H32FN5O4/c1-37-16-15-33-11-13-34(14-12-33)26-17-23(29)6-9-25(26)27(35)32-24-7-4-21(5-8-24)19-31-28(36)38-20-22-3-2-10-30-18-22/h2-10,17-18H,11-16,19-20H2,1H3,(H,31,36)(H,32,35). The number of carbonyl (C=O) groups excluding carboxylic acids is 2. The van der Waals surface area contributed by atoms with Gasteiger partial charge in [0.05, 0.1) is 17.9 Å². The molecule has 0 radical (unpaired) electrons. The Morgan fingerprint density at radius 2 is 1.82 bits per heavy atom. The minimum absolute atomic E-state index is 0.138. The molecule has 1 saturated heterocycles. The molecule has 0 atom stereocenters. The third-order valence-electron chi connectivity index (χ3n) is 6.27. The van der Waals surface area contributed by atoms with E-state index in [1.54, 1.807) is 37.7 Å². The fourth-order valence-corrected chi connectivity index (χ4v) is 4.15.